The van der Waals surface area contributed by atoms with Gasteiger partial charge in [-0.15, -0.1) is 0 Å². The fraction of sp³-hybridized carbons (Fsp3) is 0.444. The van der Waals surface area contributed by atoms with Crippen LogP contribution < -0.4 is 9.64 Å². The number of hydrogen-bond donors (Lipinski definition) is 1. The van der Waals surface area contributed by atoms with E-state index in [0.717, 1.165) is 19.4 Å². The zero-order valence-corrected chi connectivity index (χ0v) is 15.5. The van der Waals surface area contributed by atoms with Crippen LogP contribution in [0.2, 0.25) is 0 Å². The van der Waals surface area contributed by atoms with Gasteiger partial charge in [0, 0.05) is 25.1 Å². The summed E-state index contributed by atoms with van der Waals surface area (Å²) >= 11 is 0. The Labute approximate surface area is 168 Å². The van der Waals surface area contributed by atoms with Gasteiger partial charge in [0.05, 0.1) is 12.6 Å². The lowest BCUT2D eigenvalue weighted by Gasteiger charge is -2.38. The van der Waals surface area contributed by atoms with Gasteiger partial charge in [0.15, 0.2) is 5.82 Å². The second-order valence-corrected chi connectivity index (χ2v) is 6.47. The van der Waals surface area contributed by atoms with Gasteiger partial charge in [-0.1, -0.05) is 0 Å². The summed E-state index contributed by atoms with van der Waals surface area (Å²) in [5.41, 5.74) is 0. The first kappa shape index (κ1) is 21.7. The third-order valence-corrected chi connectivity index (χ3v) is 4.57. The van der Waals surface area contributed by atoms with E-state index in [1.165, 1.54) is 12.3 Å². The third kappa shape index (κ3) is 5.12. The van der Waals surface area contributed by atoms with Crippen molar-refractivity contribution in [3.63, 3.8) is 0 Å². The molecule has 1 saturated carbocycles. The van der Waals surface area contributed by atoms with Crippen molar-refractivity contribution in [3.05, 3.63) is 42.6 Å². The van der Waals surface area contributed by atoms with Crippen LogP contribution in [-0.4, -0.2) is 63.6 Å². The lowest BCUT2D eigenvalue weighted by atomic mass is 10.1. The Morgan fingerprint density at radius 1 is 1.17 bits per heavy atom. The first-order valence-electron chi connectivity index (χ1n) is 9.00. The molecule has 0 amide bonds. The van der Waals surface area contributed by atoms with Crippen molar-refractivity contribution >= 4 is 11.9 Å². The second kappa shape index (κ2) is 9.20. The van der Waals surface area contributed by atoms with E-state index in [-0.39, 0.29) is 24.1 Å². The van der Waals surface area contributed by atoms with Crippen LogP contribution >= 0.6 is 0 Å². The molecule has 0 spiro atoms. The standard InChI is InChI=1S/C16H17FN4O2.C2HF3O2/c17-11-3-1-6-18-15(11)23-13-5-4-12-14(13)22-10-9-21(12)16-19-7-2-8-20-16;3-2(4,5)1(6)7/h1-3,6-8,12-14H,4-5,9-10H2;(H,6,7)/t12-,13+,14+;/m0./s1. The van der Waals surface area contributed by atoms with Gasteiger partial charge >= 0.3 is 12.1 Å². The van der Waals surface area contributed by atoms with Crippen LogP contribution in [-0.2, 0) is 9.53 Å². The highest BCUT2D eigenvalue weighted by Gasteiger charge is 2.45. The lowest BCUT2D eigenvalue weighted by molar-refractivity contribution is -0.192. The Hall–Kier alpha value is -3.02. The van der Waals surface area contributed by atoms with E-state index in [1.54, 1.807) is 24.5 Å². The number of halogens is 4. The highest BCUT2D eigenvalue weighted by Crippen LogP contribution is 2.34. The van der Waals surface area contributed by atoms with E-state index in [9.17, 15) is 17.6 Å². The number of carboxylic acid groups (broad SMARTS) is 1. The van der Waals surface area contributed by atoms with Gasteiger partial charge in [0.25, 0.3) is 5.88 Å². The minimum Gasteiger partial charge on any atom is -0.475 e. The first-order valence-corrected chi connectivity index (χ1v) is 9.00. The molecule has 1 aliphatic heterocycles. The maximum atomic E-state index is 13.7. The number of carbonyl (C=O) groups is 1. The molecule has 3 heterocycles. The number of anilines is 1. The summed E-state index contributed by atoms with van der Waals surface area (Å²) in [5.74, 6) is -2.46. The Bertz CT molecular complexity index is 856. The van der Waals surface area contributed by atoms with Crippen LogP contribution in [0.1, 0.15) is 12.8 Å². The number of ether oxygens (including phenoxy) is 2. The molecule has 30 heavy (non-hydrogen) atoms. The topological polar surface area (TPSA) is 97.7 Å². The summed E-state index contributed by atoms with van der Waals surface area (Å²) in [5, 5.41) is 7.12. The number of alkyl halides is 3. The monoisotopic (exact) mass is 430 g/mol. The van der Waals surface area contributed by atoms with E-state index < -0.39 is 18.0 Å². The SMILES string of the molecule is Fc1cccnc1O[C@@H]1CC[C@H]2[C@H]1OCCN2c1ncccn1.O=C(O)C(F)(F)F. The second-order valence-electron chi connectivity index (χ2n) is 6.47. The van der Waals surface area contributed by atoms with Crippen LogP contribution in [0.15, 0.2) is 36.8 Å². The molecule has 8 nitrogen and oxygen atoms in total. The Balaban J connectivity index is 0.000000318. The van der Waals surface area contributed by atoms with Gasteiger partial charge in [0.2, 0.25) is 5.95 Å². The van der Waals surface area contributed by atoms with Gasteiger partial charge in [-0.25, -0.2) is 24.1 Å². The Morgan fingerprint density at radius 3 is 2.47 bits per heavy atom. The summed E-state index contributed by atoms with van der Waals surface area (Å²) < 4.78 is 57.2. The lowest BCUT2D eigenvalue weighted by Crippen LogP contribution is -2.53. The van der Waals surface area contributed by atoms with Gasteiger partial charge in [0.1, 0.15) is 12.2 Å². The molecule has 1 saturated heterocycles. The van der Waals surface area contributed by atoms with Crippen molar-refractivity contribution in [2.24, 2.45) is 0 Å². The number of morpholine rings is 1. The summed E-state index contributed by atoms with van der Waals surface area (Å²) in [6.07, 6.45) is 1.25. The van der Waals surface area contributed by atoms with Gasteiger partial charge < -0.3 is 19.5 Å². The zero-order valence-electron chi connectivity index (χ0n) is 15.5. The number of aromatic nitrogens is 3. The molecule has 1 N–H and O–H groups in total. The van der Waals surface area contributed by atoms with Crippen LogP contribution in [0, 0.1) is 5.82 Å². The number of rotatable bonds is 3. The number of nitrogens with zero attached hydrogens (tertiary/aromatic N) is 4. The average molecular weight is 430 g/mol. The van der Waals surface area contributed by atoms with Crippen LogP contribution in [0.5, 0.6) is 5.88 Å². The van der Waals surface area contributed by atoms with Crippen LogP contribution in [0.25, 0.3) is 0 Å². The van der Waals surface area contributed by atoms with Crippen molar-refractivity contribution < 1.29 is 36.9 Å². The fourth-order valence-corrected chi connectivity index (χ4v) is 3.33. The molecule has 2 aliphatic rings. The molecule has 2 fully saturated rings. The smallest absolute Gasteiger partial charge is 0.475 e. The molecule has 4 rings (SSSR count). The summed E-state index contributed by atoms with van der Waals surface area (Å²) in [7, 11) is 0. The normalized spacial score (nSPS) is 23.2. The van der Waals surface area contributed by atoms with Gasteiger partial charge in [-0.3, -0.25) is 0 Å². The number of pyridine rings is 1. The van der Waals surface area contributed by atoms with Crippen molar-refractivity contribution in [2.75, 3.05) is 18.1 Å². The molecule has 1 aliphatic carbocycles. The molecular formula is C18H18F4N4O4. The quantitative estimate of drug-likeness (QED) is 0.742. The van der Waals surface area contributed by atoms with Crippen molar-refractivity contribution in [1.82, 2.24) is 15.0 Å². The average Bonchev–Trinajstić information content (AvgIpc) is 3.13. The third-order valence-electron chi connectivity index (χ3n) is 4.57. The summed E-state index contributed by atoms with van der Waals surface area (Å²) in [4.78, 5) is 23.7. The molecule has 2 aromatic heterocycles. The largest absolute Gasteiger partial charge is 0.490 e. The molecule has 12 heteroatoms. The first-order chi connectivity index (χ1) is 14.3. The minimum absolute atomic E-state index is 0.0369. The van der Waals surface area contributed by atoms with Crippen molar-refractivity contribution in [3.8, 4) is 5.88 Å². The maximum Gasteiger partial charge on any atom is 0.490 e. The Morgan fingerprint density at radius 2 is 1.83 bits per heavy atom. The number of fused-ring (bicyclic) bond motifs is 1. The van der Waals surface area contributed by atoms with Crippen molar-refractivity contribution in [2.45, 2.75) is 37.3 Å². The number of carboxylic acids is 1. The highest BCUT2D eigenvalue weighted by atomic mass is 19.4. The van der Waals surface area contributed by atoms with E-state index in [2.05, 4.69) is 19.9 Å². The Kier molecular flexibility index (Phi) is 6.65. The molecular weight excluding hydrogens is 412 g/mol. The maximum absolute atomic E-state index is 13.7. The fourth-order valence-electron chi connectivity index (χ4n) is 3.33. The molecule has 3 atom stereocenters. The molecule has 2 aromatic rings. The number of aliphatic carboxylic acids is 1. The zero-order chi connectivity index (χ0) is 21.7. The van der Waals surface area contributed by atoms with Crippen LogP contribution in [0.4, 0.5) is 23.5 Å². The van der Waals surface area contributed by atoms with Crippen molar-refractivity contribution in [1.29, 1.82) is 0 Å². The summed E-state index contributed by atoms with van der Waals surface area (Å²) in [6.45, 7) is 1.32. The van der Waals surface area contributed by atoms with E-state index in [4.69, 9.17) is 19.4 Å². The molecule has 0 radical (unpaired) electrons. The molecule has 0 bridgehead atoms. The highest BCUT2D eigenvalue weighted by molar-refractivity contribution is 5.73. The van der Waals surface area contributed by atoms with Gasteiger partial charge in [-0.2, -0.15) is 13.2 Å². The van der Waals surface area contributed by atoms with E-state index in [0.29, 0.717) is 12.6 Å². The summed E-state index contributed by atoms with van der Waals surface area (Å²) in [6, 6.07) is 4.83. The predicted molar refractivity (Wildman–Crippen MR) is 94.4 cm³/mol. The van der Waals surface area contributed by atoms with E-state index in [1.807, 2.05) is 0 Å². The van der Waals surface area contributed by atoms with E-state index >= 15 is 0 Å². The van der Waals surface area contributed by atoms with Crippen LogP contribution in [0.3, 0.4) is 0 Å². The predicted octanol–water partition coefficient (Wildman–Crippen LogP) is 2.46. The van der Waals surface area contributed by atoms with Gasteiger partial charge in [-0.05, 0) is 31.0 Å². The molecule has 0 unspecified atom stereocenters. The minimum atomic E-state index is -5.08. The molecule has 0 aromatic carbocycles. The number of hydrogen-bond acceptors (Lipinski definition) is 7. The molecule has 162 valence electrons.